The van der Waals surface area contributed by atoms with E-state index in [0.717, 1.165) is 0 Å². The summed E-state index contributed by atoms with van der Waals surface area (Å²) in [4.78, 5) is 12.2. The Kier molecular flexibility index (Phi) is 5.17. The summed E-state index contributed by atoms with van der Waals surface area (Å²) in [5.74, 6) is 0.0499. The van der Waals surface area contributed by atoms with E-state index in [-0.39, 0.29) is 28.5 Å². The van der Waals surface area contributed by atoms with Crippen molar-refractivity contribution in [3.8, 4) is 0 Å². The highest BCUT2D eigenvalue weighted by Crippen LogP contribution is 2.14. The van der Waals surface area contributed by atoms with Gasteiger partial charge in [0.05, 0.1) is 29.2 Å². The molecule has 2 heterocycles. The summed E-state index contributed by atoms with van der Waals surface area (Å²) in [5, 5.41) is 2.66. The molecule has 1 aliphatic heterocycles. The summed E-state index contributed by atoms with van der Waals surface area (Å²) < 4.78 is 54.8. The zero-order chi connectivity index (χ0) is 18.8. The van der Waals surface area contributed by atoms with Gasteiger partial charge in [-0.15, -0.1) is 0 Å². The SMILES string of the molecule is O=C(N[C@H]1CCS(=O)(=O)C1)c1ccc(S(=O)(=O)NCc2ccco2)cc1. The van der Waals surface area contributed by atoms with Crippen LogP contribution in [0, 0.1) is 0 Å². The molecule has 2 N–H and O–H groups in total. The number of amides is 1. The molecule has 1 aromatic heterocycles. The normalized spacial score (nSPS) is 19.3. The minimum Gasteiger partial charge on any atom is -0.468 e. The van der Waals surface area contributed by atoms with Crippen LogP contribution in [0.25, 0.3) is 0 Å². The number of carbonyl (C=O) groups excluding carboxylic acids is 1. The van der Waals surface area contributed by atoms with E-state index in [1.807, 2.05) is 0 Å². The van der Waals surface area contributed by atoms with E-state index < -0.39 is 31.8 Å². The Morgan fingerprint density at radius 2 is 1.92 bits per heavy atom. The van der Waals surface area contributed by atoms with Gasteiger partial charge in [0, 0.05) is 11.6 Å². The molecule has 0 radical (unpaired) electrons. The molecule has 1 atom stereocenters. The Bertz CT molecular complexity index is 980. The van der Waals surface area contributed by atoms with Crippen molar-refractivity contribution in [3.63, 3.8) is 0 Å². The second-order valence-corrected chi connectivity index (χ2v) is 10.00. The Balaban J connectivity index is 1.63. The van der Waals surface area contributed by atoms with E-state index in [1.54, 1.807) is 12.1 Å². The lowest BCUT2D eigenvalue weighted by Gasteiger charge is -2.11. The summed E-state index contributed by atoms with van der Waals surface area (Å²) in [6.07, 6.45) is 1.84. The van der Waals surface area contributed by atoms with Crippen molar-refractivity contribution >= 4 is 25.8 Å². The maximum atomic E-state index is 12.2. The number of hydrogen-bond donors (Lipinski definition) is 2. The van der Waals surface area contributed by atoms with E-state index in [1.165, 1.54) is 30.5 Å². The van der Waals surface area contributed by atoms with E-state index >= 15 is 0 Å². The number of sulfone groups is 1. The Hall–Kier alpha value is -2.17. The predicted octanol–water partition coefficient (Wildman–Crippen LogP) is 0.675. The summed E-state index contributed by atoms with van der Waals surface area (Å²) in [6, 6.07) is 8.33. The molecular formula is C16H18N2O6S2. The lowest BCUT2D eigenvalue weighted by molar-refractivity contribution is 0.0941. The predicted molar refractivity (Wildman–Crippen MR) is 93.7 cm³/mol. The first kappa shape index (κ1) is 18.6. The van der Waals surface area contributed by atoms with Gasteiger partial charge in [-0.05, 0) is 42.8 Å². The molecule has 3 rings (SSSR count). The zero-order valence-corrected chi connectivity index (χ0v) is 15.3. The molecule has 0 unspecified atom stereocenters. The smallest absolute Gasteiger partial charge is 0.251 e. The van der Waals surface area contributed by atoms with E-state index in [4.69, 9.17) is 4.42 Å². The fraction of sp³-hybridized carbons (Fsp3) is 0.312. The largest absolute Gasteiger partial charge is 0.468 e. The fourth-order valence-corrected chi connectivity index (χ4v) is 5.29. The van der Waals surface area contributed by atoms with Gasteiger partial charge in [0.15, 0.2) is 9.84 Å². The molecule has 0 aliphatic carbocycles. The number of benzene rings is 1. The van der Waals surface area contributed by atoms with Gasteiger partial charge in [0.1, 0.15) is 5.76 Å². The van der Waals surface area contributed by atoms with Gasteiger partial charge in [-0.2, -0.15) is 0 Å². The number of furan rings is 1. The Morgan fingerprint density at radius 1 is 1.19 bits per heavy atom. The summed E-state index contributed by atoms with van der Waals surface area (Å²) in [7, 11) is -6.82. The van der Waals surface area contributed by atoms with Crippen molar-refractivity contribution in [2.45, 2.75) is 23.9 Å². The molecule has 10 heteroatoms. The average molecular weight is 398 g/mol. The van der Waals surface area contributed by atoms with Gasteiger partial charge >= 0.3 is 0 Å². The summed E-state index contributed by atoms with van der Waals surface area (Å²) >= 11 is 0. The molecule has 1 aliphatic rings. The fourth-order valence-electron chi connectivity index (χ4n) is 2.63. The number of carbonyl (C=O) groups is 1. The zero-order valence-electron chi connectivity index (χ0n) is 13.7. The first-order valence-corrected chi connectivity index (χ1v) is 11.2. The van der Waals surface area contributed by atoms with Crippen LogP contribution in [0.2, 0.25) is 0 Å². The number of hydrogen-bond acceptors (Lipinski definition) is 6. The molecule has 1 fully saturated rings. The molecule has 1 saturated heterocycles. The van der Waals surface area contributed by atoms with E-state index in [2.05, 4.69) is 10.0 Å². The quantitative estimate of drug-likeness (QED) is 0.738. The van der Waals surface area contributed by atoms with Gasteiger partial charge in [-0.1, -0.05) is 0 Å². The van der Waals surface area contributed by atoms with Crippen molar-refractivity contribution in [2.75, 3.05) is 11.5 Å². The van der Waals surface area contributed by atoms with Crippen LogP contribution in [0.1, 0.15) is 22.5 Å². The van der Waals surface area contributed by atoms with Gasteiger partial charge in [-0.25, -0.2) is 21.6 Å². The third kappa shape index (κ3) is 4.51. The second kappa shape index (κ2) is 7.22. The van der Waals surface area contributed by atoms with Gasteiger partial charge in [0.2, 0.25) is 10.0 Å². The van der Waals surface area contributed by atoms with Crippen LogP contribution in [0.4, 0.5) is 0 Å². The summed E-state index contributed by atoms with van der Waals surface area (Å²) in [5.41, 5.74) is 0.263. The second-order valence-electron chi connectivity index (χ2n) is 6.00. The van der Waals surface area contributed by atoms with E-state index in [9.17, 15) is 21.6 Å². The van der Waals surface area contributed by atoms with Gasteiger partial charge in [0.25, 0.3) is 5.91 Å². The maximum absolute atomic E-state index is 12.2. The minimum absolute atomic E-state index is 0.0176. The molecule has 140 valence electrons. The van der Waals surface area contributed by atoms with E-state index in [0.29, 0.717) is 12.2 Å². The molecule has 8 nitrogen and oxygen atoms in total. The minimum atomic E-state index is -3.74. The molecule has 0 bridgehead atoms. The number of sulfonamides is 1. The molecule has 0 saturated carbocycles. The third-order valence-corrected chi connectivity index (χ3v) is 7.20. The molecule has 1 amide bonds. The molecule has 26 heavy (non-hydrogen) atoms. The van der Waals surface area contributed by atoms with Crippen molar-refractivity contribution in [2.24, 2.45) is 0 Å². The van der Waals surface area contributed by atoms with Gasteiger partial charge < -0.3 is 9.73 Å². The molecular weight excluding hydrogens is 380 g/mol. The van der Waals surface area contributed by atoms with Crippen LogP contribution < -0.4 is 10.0 Å². The lowest BCUT2D eigenvalue weighted by Crippen LogP contribution is -2.35. The summed E-state index contributed by atoms with van der Waals surface area (Å²) in [6.45, 7) is 0.0216. The lowest BCUT2D eigenvalue weighted by atomic mass is 10.2. The van der Waals surface area contributed by atoms with Crippen LogP contribution in [-0.4, -0.2) is 40.3 Å². The highest BCUT2D eigenvalue weighted by molar-refractivity contribution is 7.91. The third-order valence-electron chi connectivity index (χ3n) is 4.01. The van der Waals surface area contributed by atoms with Crippen molar-refractivity contribution in [1.82, 2.24) is 10.0 Å². The number of nitrogens with one attached hydrogen (secondary N) is 2. The van der Waals surface area contributed by atoms with Crippen molar-refractivity contribution in [3.05, 3.63) is 54.0 Å². The van der Waals surface area contributed by atoms with Crippen LogP contribution in [0.5, 0.6) is 0 Å². The molecule has 2 aromatic rings. The Morgan fingerprint density at radius 3 is 2.50 bits per heavy atom. The molecule has 0 spiro atoms. The van der Waals surface area contributed by atoms with Crippen molar-refractivity contribution in [1.29, 1.82) is 0 Å². The van der Waals surface area contributed by atoms with Crippen LogP contribution in [-0.2, 0) is 26.4 Å². The first-order valence-electron chi connectivity index (χ1n) is 7.89. The van der Waals surface area contributed by atoms with Crippen LogP contribution in [0.3, 0.4) is 0 Å². The van der Waals surface area contributed by atoms with Gasteiger partial charge in [-0.3, -0.25) is 4.79 Å². The maximum Gasteiger partial charge on any atom is 0.251 e. The molecule has 1 aromatic carbocycles. The Labute approximate surface area is 151 Å². The van der Waals surface area contributed by atoms with Crippen LogP contribution >= 0.6 is 0 Å². The average Bonchev–Trinajstić information content (AvgIpc) is 3.22. The highest BCUT2D eigenvalue weighted by Gasteiger charge is 2.29. The number of rotatable bonds is 6. The highest BCUT2D eigenvalue weighted by atomic mass is 32.2. The van der Waals surface area contributed by atoms with Crippen molar-refractivity contribution < 1.29 is 26.0 Å². The monoisotopic (exact) mass is 398 g/mol. The topological polar surface area (TPSA) is 123 Å². The first-order chi connectivity index (χ1) is 12.3. The van der Waals surface area contributed by atoms with Crippen LogP contribution in [0.15, 0.2) is 52.0 Å². The standard InChI is InChI=1S/C16H18N2O6S2/c19-16(18-13-7-9-25(20,21)11-13)12-3-5-15(6-4-12)26(22,23)17-10-14-2-1-8-24-14/h1-6,8,13,17H,7,9-11H2,(H,18,19)/t13-/m0/s1.